The second-order valence-corrected chi connectivity index (χ2v) is 6.39. The zero-order chi connectivity index (χ0) is 17.6. The van der Waals surface area contributed by atoms with Crippen LogP contribution < -0.4 is 5.32 Å². The van der Waals surface area contributed by atoms with E-state index < -0.39 is 0 Å². The summed E-state index contributed by atoms with van der Waals surface area (Å²) in [4.78, 5) is 16.3. The number of carbonyl (C=O) groups is 1. The molecule has 128 valence electrons. The summed E-state index contributed by atoms with van der Waals surface area (Å²) in [5.41, 5.74) is 2.05. The van der Waals surface area contributed by atoms with Gasteiger partial charge in [-0.15, -0.1) is 11.3 Å². The molecular formula is C19H16F2N2OS. The normalized spacial score (nSPS) is 10.6. The number of nitrogens with one attached hydrogen (secondary N) is 1. The fraction of sp³-hybridized carbons (Fsp3) is 0.158. The standard InChI is InChI=1S/C19H16F2N2OS/c20-14-7-5-13(6-8-14)11-18(24)22-10-9-15-12-25-19(23-15)16-3-1-2-4-17(16)21/h1-8,12H,9-11H2,(H,22,24). The average molecular weight is 358 g/mol. The molecule has 3 nitrogen and oxygen atoms in total. The fourth-order valence-electron chi connectivity index (χ4n) is 2.36. The topological polar surface area (TPSA) is 42.0 Å². The molecule has 0 spiro atoms. The van der Waals surface area contributed by atoms with E-state index in [-0.39, 0.29) is 24.0 Å². The summed E-state index contributed by atoms with van der Waals surface area (Å²) in [5, 5.41) is 5.31. The smallest absolute Gasteiger partial charge is 0.224 e. The largest absolute Gasteiger partial charge is 0.355 e. The van der Waals surface area contributed by atoms with Gasteiger partial charge in [-0.25, -0.2) is 13.8 Å². The molecule has 25 heavy (non-hydrogen) atoms. The molecule has 0 fully saturated rings. The van der Waals surface area contributed by atoms with Gasteiger partial charge in [0.25, 0.3) is 0 Å². The van der Waals surface area contributed by atoms with Crippen LogP contribution in [0.25, 0.3) is 10.6 Å². The molecule has 0 bridgehead atoms. The molecule has 0 aliphatic heterocycles. The van der Waals surface area contributed by atoms with E-state index in [0.717, 1.165) is 11.3 Å². The molecule has 1 N–H and O–H groups in total. The maximum Gasteiger partial charge on any atom is 0.224 e. The van der Waals surface area contributed by atoms with Gasteiger partial charge in [0.2, 0.25) is 5.91 Å². The number of hydrogen-bond acceptors (Lipinski definition) is 3. The molecule has 0 radical (unpaired) electrons. The Morgan fingerprint density at radius 1 is 1.08 bits per heavy atom. The van der Waals surface area contributed by atoms with Crippen molar-refractivity contribution in [2.24, 2.45) is 0 Å². The van der Waals surface area contributed by atoms with Crippen LogP contribution in [0.15, 0.2) is 53.9 Å². The monoisotopic (exact) mass is 358 g/mol. The van der Waals surface area contributed by atoms with Crippen molar-refractivity contribution in [3.05, 3.63) is 76.8 Å². The van der Waals surface area contributed by atoms with E-state index in [4.69, 9.17) is 0 Å². The van der Waals surface area contributed by atoms with Crippen LogP contribution in [0.4, 0.5) is 8.78 Å². The first-order valence-electron chi connectivity index (χ1n) is 7.82. The molecule has 1 amide bonds. The van der Waals surface area contributed by atoms with Crippen molar-refractivity contribution in [2.75, 3.05) is 6.54 Å². The minimum absolute atomic E-state index is 0.129. The maximum atomic E-state index is 13.8. The Labute approximate surface area is 148 Å². The Hall–Kier alpha value is -2.60. The lowest BCUT2D eigenvalue weighted by atomic mass is 10.1. The van der Waals surface area contributed by atoms with Crippen LogP contribution in [0, 0.1) is 11.6 Å². The summed E-state index contributed by atoms with van der Waals surface area (Å²) in [6, 6.07) is 12.4. The van der Waals surface area contributed by atoms with E-state index >= 15 is 0 Å². The minimum atomic E-state index is -0.321. The molecule has 0 saturated heterocycles. The number of carbonyl (C=O) groups excluding carboxylic acids is 1. The number of halogens is 2. The van der Waals surface area contributed by atoms with Gasteiger partial charge in [0.05, 0.1) is 12.1 Å². The van der Waals surface area contributed by atoms with Crippen molar-refractivity contribution in [3.63, 3.8) is 0 Å². The highest BCUT2D eigenvalue weighted by Gasteiger charge is 2.09. The van der Waals surface area contributed by atoms with Crippen molar-refractivity contribution in [1.29, 1.82) is 0 Å². The minimum Gasteiger partial charge on any atom is -0.355 e. The van der Waals surface area contributed by atoms with Crippen LogP contribution >= 0.6 is 11.3 Å². The van der Waals surface area contributed by atoms with Crippen LogP contribution in [0.1, 0.15) is 11.3 Å². The van der Waals surface area contributed by atoms with Crippen LogP contribution in [0.2, 0.25) is 0 Å². The first-order chi connectivity index (χ1) is 12.1. The second kappa shape index (κ2) is 7.98. The quantitative estimate of drug-likeness (QED) is 0.724. The summed E-state index contributed by atoms with van der Waals surface area (Å²) in [5.74, 6) is -0.745. The maximum absolute atomic E-state index is 13.8. The van der Waals surface area contributed by atoms with E-state index in [0.29, 0.717) is 23.5 Å². The number of benzene rings is 2. The molecule has 0 unspecified atom stereocenters. The van der Waals surface area contributed by atoms with Crippen LogP contribution in [-0.4, -0.2) is 17.4 Å². The molecule has 0 saturated carbocycles. The third-order valence-corrected chi connectivity index (χ3v) is 4.56. The summed E-state index contributed by atoms with van der Waals surface area (Å²) in [6.07, 6.45) is 0.776. The summed E-state index contributed by atoms with van der Waals surface area (Å²) >= 11 is 1.38. The van der Waals surface area contributed by atoms with Gasteiger partial charge >= 0.3 is 0 Å². The molecular weight excluding hydrogens is 342 g/mol. The Bertz CT molecular complexity index is 862. The van der Waals surface area contributed by atoms with Crippen molar-refractivity contribution in [1.82, 2.24) is 10.3 Å². The SMILES string of the molecule is O=C(Cc1ccc(F)cc1)NCCc1csc(-c2ccccc2F)n1. The fourth-order valence-corrected chi connectivity index (χ4v) is 3.24. The molecule has 3 rings (SSSR count). The molecule has 1 aromatic heterocycles. The Morgan fingerprint density at radius 2 is 1.84 bits per heavy atom. The molecule has 0 aliphatic rings. The predicted octanol–water partition coefficient (Wildman–Crippen LogP) is 3.99. The molecule has 0 atom stereocenters. The number of hydrogen-bond donors (Lipinski definition) is 1. The van der Waals surface area contributed by atoms with Gasteiger partial charge in [0, 0.05) is 23.9 Å². The van der Waals surface area contributed by atoms with Gasteiger partial charge in [0.15, 0.2) is 0 Å². The van der Waals surface area contributed by atoms with Crippen molar-refractivity contribution >= 4 is 17.2 Å². The third kappa shape index (κ3) is 4.70. The Kier molecular flexibility index (Phi) is 5.50. The lowest BCUT2D eigenvalue weighted by molar-refractivity contribution is -0.120. The molecule has 6 heteroatoms. The highest BCUT2D eigenvalue weighted by Crippen LogP contribution is 2.26. The first kappa shape index (κ1) is 17.2. The third-order valence-electron chi connectivity index (χ3n) is 3.64. The van der Waals surface area contributed by atoms with Crippen LogP contribution in [0.5, 0.6) is 0 Å². The molecule has 2 aromatic carbocycles. The highest BCUT2D eigenvalue weighted by molar-refractivity contribution is 7.13. The summed E-state index contributed by atoms with van der Waals surface area (Å²) in [7, 11) is 0. The van der Waals surface area contributed by atoms with Crippen molar-refractivity contribution in [2.45, 2.75) is 12.8 Å². The van der Waals surface area contributed by atoms with Gasteiger partial charge in [-0.05, 0) is 29.8 Å². The molecule has 1 heterocycles. The molecule has 0 aliphatic carbocycles. The first-order valence-corrected chi connectivity index (χ1v) is 8.70. The van der Waals surface area contributed by atoms with E-state index in [1.54, 1.807) is 30.3 Å². The van der Waals surface area contributed by atoms with E-state index in [9.17, 15) is 13.6 Å². The lowest BCUT2D eigenvalue weighted by Crippen LogP contribution is -2.27. The number of rotatable bonds is 6. The Morgan fingerprint density at radius 3 is 2.60 bits per heavy atom. The van der Waals surface area contributed by atoms with E-state index in [2.05, 4.69) is 10.3 Å². The van der Waals surface area contributed by atoms with Gasteiger partial charge in [-0.2, -0.15) is 0 Å². The summed E-state index contributed by atoms with van der Waals surface area (Å²) in [6.45, 7) is 0.445. The number of amides is 1. The van der Waals surface area contributed by atoms with Gasteiger partial charge in [-0.1, -0.05) is 24.3 Å². The van der Waals surface area contributed by atoms with Crippen LogP contribution in [0.3, 0.4) is 0 Å². The van der Waals surface area contributed by atoms with Gasteiger partial charge in [-0.3, -0.25) is 4.79 Å². The van der Waals surface area contributed by atoms with E-state index in [1.807, 2.05) is 5.38 Å². The Balaban J connectivity index is 1.50. The highest BCUT2D eigenvalue weighted by atomic mass is 32.1. The van der Waals surface area contributed by atoms with Gasteiger partial charge in [0.1, 0.15) is 16.6 Å². The predicted molar refractivity (Wildman–Crippen MR) is 94.3 cm³/mol. The zero-order valence-electron chi connectivity index (χ0n) is 13.3. The zero-order valence-corrected chi connectivity index (χ0v) is 14.2. The van der Waals surface area contributed by atoms with Gasteiger partial charge < -0.3 is 5.32 Å². The molecule has 3 aromatic rings. The van der Waals surface area contributed by atoms with E-state index in [1.165, 1.54) is 29.5 Å². The van der Waals surface area contributed by atoms with Crippen LogP contribution in [-0.2, 0) is 17.6 Å². The van der Waals surface area contributed by atoms with Crippen molar-refractivity contribution < 1.29 is 13.6 Å². The average Bonchev–Trinajstić information content (AvgIpc) is 3.06. The number of thiazole rings is 1. The number of aromatic nitrogens is 1. The lowest BCUT2D eigenvalue weighted by Gasteiger charge is -2.04. The number of nitrogens with zero attached hydrogens (tertiary/aromatic N) is 1. The summed E-state index contributed by atoms with van der Waals surface area (Å²) < 4.78 is 26.6. The van der Waals surface area contributed by atoms with Crippen molar-refractivity contribution in [3.8, 4) is 10.6 Å². The second-order valence-electron chi connectivity index (χ2n) is 5.53.